The van der Waals surface area contributed by atoms with E-state index in [9.17, 15) is 0 Å². The SMILES string of the molecule is Cc1ccnc(OC(C)CC(C)C)c1N. The van der Waals surface area contributed by atoms with Gasteiger partial charge in [0.05, 0.1) is 11.8 Å². The van der Waals surface area contributed by atoms with Gasteiger partial charge in [-0.1, -0.05) is 13.8 Å². The van der Waals surface area contributed by atoms with Gasteiger partial charge in [0.25, 0.3) is 0 Å². The fraction of sp³-hybridized carbons (Fsp3) is 0.583. The van der Waals surface area contributed by atoms with E-state index >= 15 is 0 Å². The molecule has 0 amide bonds. The number of aromatic nitrogens is 1. The number of hydrogen-bond donors (Lipinski definition) is 1. The predicted octanol–water partition coefficient (Wildman–Crippen LogP) is 2.79. The molecule has 1 unspecified atom stereocenters. The summed E-state index contributed by atoms with van der Waals surface area (Å²) in [5.74, 6) is 1.18. The van der Waals surface area contributed by atoms with Gasteiger partial charge in [-0.15, -0.1) is 0 Å². The number of nitrogens with two attached hydrogens (primary N) is 1. The summed E-state index contributed by atoms with van der Waals surface area (Å²) in [5.41, 5.74) is 7.53. The van der Waals surface area contributed by atoms with Gasteiger partial charge in [0.15, 0.2) is 0 Å². The van der Waals surface area contributed by atoms with E-state index in [2.05, 4.69) is 18.8 Å². The molecule has 1 aromatic heterocycles. The summed E-state index contributed by atoms with van der Waals surface area (Å²) < 4.78 is 5.70. The number of anilines is 1. The highest BCUT2D eigenvalue weighted by atomic mass is 16.5. The molecule has 0 bridgehead atoms. The zero-order valence-corrected chi connectivity index (χ0v) is 9.95. The quantitative estimate of drug-likeness (QED) is 0.827. The van der Waals surface area contributed by atoms with Crippen molar-refractivity contribution in [2.45, 2.75) is 40.2 Å². The molecule has 0 saturated carbocycles. The first-order chi connectivity index (χ1) is 7.00. The minimum absolute atomic E-state index is 0.154. The van der Waals surface area contributed by atoms with Gasteiger partial charge in [-0.2, -0.15) is 0 Å². The maximum Gasteiger partial charge on any atom is 0.237 e. The maximum atomic E-state index is 5.87. The number of ether oxygens (including phenoxy) is 1. The molecule has 0 saturated heterocycles. The second kappa shape index (κ2) is 5.01. The Kier molecular flexibility index (Phi) is 3.95. The normalized spacial score (nSPS) is 12.9. The number of nitrogens with zero attached hydrogens (tertiary/aromatic N) is 1. The second-order valence-corrected chi connectivity index (χ2v) is 4.40. The fourth-order valence-electron chi connectivity index (χ4n) is 1.54. The molecule has 3 nitrogen and oxygen atoms in total. The Hall–Kier alpha value is -1.25. The van der Waals surface area contributed by atoms with Gasteiger partial charge >= 0.3 is 0 Å². The zero-order chi connectivity index (χ0) is 11.4. The van der Waals surface area contributed by atoms with Crippen LogP contribution in [0.1, 0.15) is 32.8 Å². The Morgan fingerprint density at radius 1 is 1.40 bits per heavy atom. The molecule has 0 fully saturated rings. The summed E-state index contributed by atoms with van der Waals surface area (Å²) in [4.78, 5) is 4.14. The van der Waals surface area contributed by atoms with Crippen LogP contribution in [0.15, 0.2) is 12.3 Å². The lowest BCUT2D eigenvalue weighted by Crippen LogP contribution is -2.16. The lowest BCUT2D eigenvalue weighted by atomic mass is 10.1. The van der Waals surface area contributed by atoms with E-state index in [1.54, 1.807) is 6.20 Å². The maximum absolute atomic E-state index is 5.87. The van der Waals surface area contributed by atoms with Crippen molar-refractivity contribution in [1.82, 2.24) is 4.98 Å². The Balaban J connectivity index is 2.68. The van der Waals surface area contributed by atoms with Gasteiger partial charge in [-0.25, -0.2) is 4.98 Å². The smallest absolute Gasteiger partial charge is 0.237 e. The molecule has 0 spiro atoms. The van der Waals surface area contributed by atoms with E-state index in [1.165, 1.54) is 0 Å². The van der Waals surface area contributed by atoms with Gasteiger partial charge in [-0.3, -0.25) is 0 Å². The third kappa shape index (κ3) is 3.42. The first-order valence-corrected chi connectivity index (χ1v) is 5.38. The van der Waals surface area contributed by atoms with Crippen LogP contribution in [0.4, 0.5) is 5.69 Å². The molecule has 3 heteroatoms. The van der Waals surface area contributed by atoms with Crippen molar-refractivity contribution in [3.8, 4) is 5.88 Å². The highest BCUT2D eigenvalue weighted by Crippen LogP contribution is 2.23. The van der Waals surface area contributed by atoms with Crippen molar-refractivity contribution in [2.24, 2.45) is 5.92 Å². The van der Waals surface area contributed by atoms with E-state index < -0.39 is 0 Å². The molecule has 1 aromatic rings. The van der Waals surface area contributed by atoms with Crippen LogP contribution in [0.25, 0.3) is 0 Å². The molecular weight excluding hydrogens is 188 g/mol. The van der Waals surface area contributed by atoms with Crippen LogP contribution in [0, 0.1) is 12.8 Å². The molecule has 0 aliphatic heterocycles. The second-order valence-electron chi connectivity index (χ2n) is 4.40. The molecule has 0 aromatic carbocycles. The zero-order valence-electron chi connectivity index (χ0n) is 9.95. The van der Waals surface area contributed by atoms with Gasteiger partial charge in [0.2, 0.25) is 5.88 Å². The van der Waals surface area contributed by atoms with Crippen LogP contribution in [0.2, 0.25) is 0 Å². The molecule has 0 aliphatic rings. The molecule has 15 heavy (non-hydrogen) atoms. The molecule has 1 atom stereocenters. The summed E-state index contributed by atoms with van der Waals surface area (Å²) in [6.45, 7) is 8.35. The third-order valence-corrected chi connectivity index (χ3v) is 2.29. The first-order valence-electron chi connectivity index (χ1n) is 5.38. The summed E-state index contributed by atoms with van der Waals surface area (Å²) in [6.07, 6.45) is 2.89. The molecular formula is C12H20N2O. The van der Waals surface area contributed by atoms with Crippen LogP contribution in [-0.2, 0) is 0 Å². The van der Waals surface area contributed by atoms with Gasteiger partial charge in [0.1, 0.15) is 0 Å². The lowest BCUT2D eigenvalue weighted by Gasteiger charge is -2.17. The average Bonchev–Trinajstić information content (AvgIpc) is 2.11. The van der Waals surface area contributed by atoms with Crippen LogP contribution in [-0.4, -0.2) is 11.1 Å². The molecule has 0 aliphatic carbocycles. The standard InChI is InChI=1S/C12H20N2O/c1-8(2)7-10(4)15-12-11(13)9(3)5-6-14-12/h5-6,8,10H,7,13H2,1-4H3. The Morgan fingerprint density at radius 3 is 2.67 bits per heavy atom. The van der Waals surface area contributed by atoms with E-state index in [0.717, 1.165) is 12.0 Å². The minimum Gasteiger partial charge on any atom is -0.473 e. The highest BCUT2D eigenvalue weighted by Gasteiger charge is 2.10. The van der Waals surface area contributed by atoms with Crippen LogP contribution < -0.4 is 10.5 Å². The van der Waals surface area contributed by atoms with Gasteiger partial charge < -0.3 is 10.5 Å². The fourth-order valence-corrected chi connectivity index (χ4v) is 1.54. The van der Waals surface area contributed by atoms with E-state index in [1.807, 2.05) is 19.9 Å². The van der Waals surface area contributed by atoms with Crippen molar-refractivity contribution in [1.29, 1.82) is 0 Å². The van der Waals surface area contributed by atoms with Crippen LogP contribution >= 0.6 is 0 Å². The topological polar surface area (TPSA) is 48.1 Å². The molecule has 1 heterocycles. The minimum atomic E-state index is 0.154. The highest BCUT2D eigenvalue weighted by molar-refractivity contribution is 5.53. The van der Waals surface area contributed by atoms with Crippen molar-refractivity contribution in [3.05, 3.63) is 17.8 Å². The van der Waals surface area contributed by atoms with E-state index in [4.69, 9.17) is 10.5 Å². The van der Waals surface area contributed by atoms with Crippen molar-refractivity contribution < 1.29 is 4.74 Å². The molecule has 1 rings (SSSR count). The van der Waals surface area contributed by atoms with E-state index in [0.29, 0.717) is 17.5 Å². The number of pyridine rings is 1. The van der Waals surface area contributed by atoms with E-state index in [-0.39, 0.29) is 6.10 Å². The number of hydrogen-bond acceptors (Lipinski definition) is 3. The summed E-state index contributed by atoms with van der Waals surface area (Å²) in [5, 5.41) is 0. The largest absolute Gasteiger partial charge is 0.473 e. The van der Waals surface area contributed by atoms with Gasteiger partial charge in [0, 0.05) is 6.20 Å². The number of rotatable bonds is 4. The summed E-state index contributed by atoms with van der Waals surface area (Å²) in [7, 11) is 0. The third-order valence-electron chi connectivity index (χ3n) is 2.29. The Labute approximate surface area is 91.7 Å². The van der Waals surface area contributed by atoms with Crippen molar-refractivity contribution >= 4 is 5.69 Å². The molecule has 0 radical (unpaired) electrons. The van der Waals surface area contributed by atoms with Crippen LogP contribution in [0.5, 0.6) is 5.88 Å². The Bertz CT molecular complexity index is 323. The van der Waals surface area contributed by atoms with Gasteiger partial charge in [-0.05, 0) is 37.8 Å². The molecule has 84 valence electrons. The molecule has 2 N–H and O–H groups in total. The predicted molar refractivity (Wildman–Crippen MR) is 62.9 cm³/mol. The van der Waals surface area contributed by atoms with Crippen molar-refractivity contribution in [3.63, 3.8) is 0 Å². The average molecular weight is 208 g/mol. The lowest BCUT2D eigenvalue weighted by molar-refractivity contribution is 0.187. The first kappa shape index (κ1) is 11.8. The number of nitrogen functional groups attached to an aromatic ring is 1. The number of aryl methyl sites for hydroxylation is 1. The Morgan fingerprint density at radius 2 is 2.07 bits per heavy atom. The monoisotopic (exact) mass is 208 g/mol. The van der Waals surface area contributed by atoms with Crippen LogP contribution in [0.3, 0.4) is 0 Å². The summed E-state index contributed by atoms with van der Waals surface area (Å²) in [6, 6.07) is 1.88. The summed E-state index contributed by atoms with van der Waals surface area (Å²) >= 11 is 0. The van der Waals surface area contributed by atoms with Crippen molar-refractivity contribution in [2.75, 3.05) is 5.73 Å².